The Kier molecular flexibility index (Phi) is 7.90. The molecular weight excluding hydrogens is 380 g/mol. The molecule has 0 atom stereocenters. The molecule has 1 aliphatic carbocycles. The molecule has 0 saturated heterocycles. The summed E-state index contributed by atoms with van der Waals surface area (Å²) in [6, 6.07) is 10.9. The SMILES string of the molecule is C=C/C=C(\C(=C)OC)c1cc(Nc2cccc(CSNC3CCCC3)c2)ncn1. The molecule has 1 aliphatic rings. The average Bonchev–Trinajstić information content (AvgIpc) is 3.25. The first-order chi connectivity index (χ1) is 14.2. The van der Waals surface area contributed by atoms with E-state index in [1.165, 1.54) is 37.6 Å². The maximum Gasteiger partial charge on any atom is 0.134 e. The van der Waals surface area contributed by atoms with Crippen LogP contribution < -0.4 is 10.0 Å². The Morgan fingerprint density at radius 2 is 2.10 bits per heavy atom. The number of ether oxygens (including phenoxy) is 1. The fourth-order valence-electron chi connectivity index (χ4n) is 3.30. The van der Waals surface area contributed by atoms with Crippen LogP contribution in [0.4, 0.5) is 11.5 Å². The summed E-state index contributed by atoms with van der Waals surface area (Å²) in [4.78, 5) is 8.69. The number of aromatic nitrogens is 2. The van der Waals surface area contributed by atoms with Gasteiger partial charge in [-0.1, -0.05) is 56.2 Å². The molecule has 1 heterocycles. The third-order valence-corrected chi connectivity index (χ3v) is 5.80. The lowest BCUT2D eigenvalue weighted by atomic mass is 10.1. The maximum absolute atomic E-state index is 5.27. The second-order valence-corrected chi connectivity index (χ2v) is 7.76. The van der Waals surface area contributed by atoms with E-state index in [4.69, 9.17) is 4.74 Å². The molecule has 29 heavy (non-hydrogen) atoms. The van der Waals surface area contributed by atoms with Crippen molar-refractivity contribution in [1.29, 1.82) is 0 Å². The third-order valence-electron chi connectivity index (χ3n) is 4.82. The Morgan fingerprint density at radius 1 is 1.28 bits per heavy atom. The van der Waals surface area contributed by atoms with Gasteiger partial charge in [0.15, 0.2) is 0 Å². The Morgan fingerprint density at radius 3 is 2.86 bits per heavy atom. The number of hydrogen-bond acceptors (Lipinski definition) is 6. The molecule has 0 aliphatic heterocycles. The normalized spacial score (nSPS) is 14.6. The lowest BCUT2D eigenvalue weighted by molar-refractivity contribution is 0.312. The zero-order valence-electron chi connectivity index (χ0n) is 16.9. The fourth-order valence-corrected chi connectivity index (χ4v) is 4.20. The molecule has 1 aromatic carbocycles. The predicted octanol–water partition coefficient (Wildman–Crippen LogP) is 5.63. The second kappa shape index (κ2) is 10.8. The molecule has 0 bridgehead atoms. The number of anilines is 2. The summed E-state index contributed by atoms with van der Waals surface area (Å²) < 4.78 is 8.86. The monoisotopic (exact) mass is 408 g/mol. The van der Waals surface area contributed by atoms with E-state index in [0.717, 1.165) is 22.7 Å². The summed E-state index contributed by atoms with van der Waals surface area (Å²) >= 11 is 1.79. The van der Waals surface area contributed by atoms with Crippen molar-refractivity contribution >= 4 is 29.0 Å². The summed E-state index contributed by atoms with van der Waals surface area (Å²) in [5, 5.41) is 3.37. The lowest BCUT2D eigenvalue weighted by Gasteiger charge is -2.12. The molecule has 1 aromatic heterocycles. The largest absolute Gasteiger partial charge is 0.497 e. The van der Waals surface area contributed by atoms with Gasteiger partial charge >= 0.3 is 0 Å². The highest BCUT2D eigenvalue weighted by Crippen LogP contribution is 2.25. The van der Waals surface area contributed by atoms with Gasteiger partial charge in [0.05, 0.1) is 12.8 Å². The Balaban J connectivity index is 1.66. The van der Waals surface area contributed by atoms with Gasteiger partial charge in [-0.3, -0.25) is 4.72 Å². The molecule has 1 saturated carbocycles. The highest BCUT2D eigenvalue weighted by atomic mass is 32.2. The van der Waals surface area contributed by atoms with Crippen LogP contribution in [0.3, 0.4) is 0 Å². The van der Waals surface area contributed by atoms with Crippen LogP contribution in [0.5, 0.6) is 0 Å². The van der Waals surface area contributed by atoms with Gasteiger partial charge in [-0.05, 0) is 36.6 Å². The predicted molar refractivity (Wildman–Crippen MR) is 123 cm³/mol. The first-order valence-corrected chi connectivity index (χ1v) is 10.8. The number of benzene rings is 1. The molecule has 6 heteroatoms. The van der Waals surface area contributed by atoms with Crippen LogP contribution in [0.25, 0.3) is 5.57 Å². The summed E-state index contributed by atoms with van der Waals surface area (Å²) in [5.74, 6) is 2.17. The van der Waals surface area contributed by atoms with Gasteiger partial charge in [0.2, 0.25) is 0 Å². The molecule has 2 N–H and O–H groups in total. The number of hydrogen-bond donors (Lipinski definition) is 2. The van der Waals surface area contributed by atoms with E-state index in [0.29, 0.717) is 17.6 Å². The van der Waals surface area contributed by atoms with E-state index in [1.54, 1.807) is 25.1 Å². The molecule has 0 unspecified atom stereocenters. The van der Waals surface area contributed by atoms with Gasteiger partial charge in [0, 0.05) is 29.1 Å². The molecular formula is C23H28N4OS. The van der Waals surface area contributed by atoms with Crippen molar-refractivity contribution in [2.45, 2.75) is 37.5 Å². The van der Waals surface area contributed by atoms with Crippen molar-refractivity contribution < 1.29 is 4.74 Å². The second-order valence-electron chi connectivity index (χ2n) is 6.95. The number of allylic oxidation sites excluding steroid dienone is 3. The summed E-state index contributed by atoms with van der Waals surface area (Å²) in [6.07, 6.45) is 10.3. The summed E-state index contributed by atoms with van der Waals surface area (Å²) in [6.45, 7) is 7.68. The zero-order chi connectivity index (χ0) is 20.5. The van der Waals surface area contributed by atoms with E-state index in [1.807, 2.05) is 18.2 Å². The van der Waals surface area contributed by atoms with Gasteiger partial charge in [0.25, 0.3) is 0 Å². The van der Waals surface area contributed by atoms with Crippen molar-refractivity contribution in [3.63, 3.8) is 0 Å². The number of methoxy groups -OCH3 is 1. The average molecular weight is 409 g/mol. The number of nitrogens with one attached hydrogen (secondary N) is 2. The maximum atomic E-state index is 5.27. The van der Waals surface area contributed by atoms with Gasteiger partial charge in [-0.15, -0.1) is 0 Å². The minimum Gasteiger partial charge on any atom is -0.497 e. The van der Waals surface area contributed by atoms with Gasteiger partial charge in [-0.25, -0.2) is 9.97 Å². The van der Waals surface area contributed by atoms with Crippen molar-refractivity contribution in [3.8, 4) is 0 Å². The smallest absolute Gasteiger partial charge is 0.134 e. The molecule has 0 spiro atoms. The molecule has 0 radical (unpaired) electrons. The van der Waals surface area contributed by atoms with Crippen LogP contribution in [-0.4, -0.2) is 23.1 Å². The Bertz CT molecular complexity index is 875. The Labute approximate surface area is 177 Å². The molecule has 3 rings (SSSR count). The fraction of sp³-hybridized carbons (Fsp3) is 0.304. The highest BCUT2D eigenvalue weighted by molar-refractivity contribution is 7.96. The highest BCUT2D eigenvalue weighted by Gasteiger charge is 2.14. The lowest BCUT2D eigenvalue weighted by Crippen LogP contribution is -2.18. The van der Waals surface area contributed by atoms with Crippen LogP contribution in [0.1, 0.15) is 36.9 Å². The van der Waals surface area contributed by atoms with E-state index < -0.39 is 0 Å². The van der Waals surface area contributed by atoms with Gasteiger partial charge < -0.3 is 10.1 Å². The molecule has 152 valence electrons. The van der Waals surface area contributed by atoms with Crippen molar-refractivity contribution in [2.24, 2.45) is 0 Å². The summed E-state index contributed by atoms with van der Waals surface area (Å²) in [5.41, 5.74) is 3.76. The summed E-state index contributed by atoms with van der Waals surface area (Å²) in [7, 11) is 1.59. The minimum atomic E-state index is 0.531. The van der Waals surface area contributed by atoms with Crippen molar-refractivity contribution in [2.75, 3.05) is 12.4 Å². The molecule has 5 nitrogen and oxygen atoms in total. The minimum absolute atomic E-state index is 0.531. The topological polar surface area (TPSA) is 59.1 Å². The van der Waals surface area contributed by atoms with Crippen LogP contribution in [0.15, 0.2) is 67.7 Å². The van der Waals surface area contributed by atoms with Crippen LogP contribution in [0, 0.1) is 0 Å². The van der Waals surface area contributed by atoms with Crippen molar-refractivity contribution in [3.05, 3.63) is 79.0 Å². The van der Waals surface area contributed by atoms with E-state index in [2.05, 4.69) is 51.4 Å². The quantitative estimate of drug-likeness (QED) is 0.302. The van der Waals surface area contributed by atoms with Gasteiger partial charge in [0.1, 0.15) is 17.9 Å². The standard InChI is InChI=1S/C23H28N4OS/c1-4-8-21(17(2)28-3)22-14-23(25-16-24-22)26-20-12-7-9-18(13-20)15-29-27-19-10-5-6-11-19/h4,7-9,12-14,16,19,27H,1-2,5-6,10-11,15H2,3H3,(H,24,25,26)/b21-8+. The van der Waals surface area contributed by atoms with E-state index >= 15 is 0 Å². The zero-order valence-corrected chi connectivity index (χ0v) is 17.7. The van der Waals surface area contributed by atoms with Crippen LogP contribution >= 0.6 is 11.9 Å². The van der Waals surface area contributed by atoms with Crippen LogP contribution in [-0.2, 0) is 10.5 Å². The molecule has 0 amide bonds. The Hall–Kier alpha value is -2.57. The van der Waals surface area contributed by atoms with Crippen LogP contribution in [0.2, 0.25) is 0 Å². The van der Waals surface area contributed by atoms with E-state index in [-0.39, 0.29) is 0 Å². The van der Waals surface area contributed by atoms with Crippen molar-refractivity contribution in [1.82, 2.24) is 14.7 Å². The first kappa shape index (κ1) is 21.1. The number of rotatable bonds is 10. The van der Waals surface area contributed by atoms with Gasteiger partial charge in [-0.2, -0.15) is 0 Å². The first-order valence-electron chi connectivity index (χ1n) is 9.81. The number of nitrogens with zero attached hydrogens (tertiary/aromatic N) is 2. The molecule has 1 fully saturated rings. The third kappa shape index (κ3) is 6.21. The molecule has 2 aromatic rings. The van der Waals surface area contributed by atoms with E-state index in [9.17, 15) is 0 Å².